The van der Waals surface area contributed by atoms with Crippen LogP contribution < -0.4 is 0 Å². The van der Waals surface area contributed by atoms with Gasteiger partial charge in [-0.3, -0.25) is 4.57 Å². The van der Waals surface area contributed by atoms with Crippen molar-refractivity contribution in [2.45, 2.75) is 13.8 Å². The van der Waals surface area contributed by atoms with E-state index in [1.165, 1.54) is 7.11 Å². The number of imidazole rings is 1. The highest BCUT2D eigenvalue weighted by molar-refractivity contribution is 5.93. The predicted molar refractivity (Wildman–Crippen MR) is 80.9 cm³/mol. The predicted octanol–water partition coefficient (Wildman–Crippen LogP) is 2.77. The third kappa shape index (κ3) is 2.01. The number of methoxy groups -OCH3 is 1. The Morgan fingerprint density at radius 1 is 1.14 bits per heavy atom. The molecule has 0 amide bonds. The number of nitrogens with zero attached hydrogens (tertiary/aromatic N) is 3. The summed E-state index contributed by atoms with van der Waals surface area (Å²) in [4.78, 5) is 16.3. The Kier molecular flexibility index (Phi) is 3.05. The van der Waals surface area contributed by atoms with Crippen molar-refractivity contribution in [3.8, 4) is 5.95 Å². The summed E-state index contributed by atoms with van der Waals surface area (Å²) in [7, 11) is 3.35. The van der Waals surface area contributed by atoms with Crippen LogP contribution >= 0.6 is 0 Å². The first-order valence-electron chi connectivity index (χ1n) is 6.73. The molecule has 1 aromatic carbocycles. The SMILES string of the molecule is COC(=O)c1ccc2c(c1)nc(-n1c(C)ccc1C)n2C. The zero-order valence-electron chi connectivity index (χ0n) is 12.5. The summed E-state index contributed by atoms with van der Waals surface area (Å²) in [6.07, 6.45) is 0. The van der Waals surface area contributed by atoms with Gasteiger partial charge in [0.15, 0.2) is 0 Å². The van der Waals surface area contributed by atoms with E-state index in [0.717, 1.165) is 28.4 Å². The minimum atomic E-state index is -0.350. The highest BCUT2D eigenvalue weighted by Gasteiger charge is 2.14. The van der Waals surface area contributed by atoms with Crippen molar-refractivity contribution in [1.29, 1.82) is 0 Å². The van der Waals surface area contributed by atoms with E-state index in [4.69, 9.17) is 4.74 Å². The second kappa shape index (κ2) is 4.77. The van der Waals surface area contributed by atoms with Crippen molar-refractivity contribution in [3.05, 3.63) is 47.3 Å². The molecule has 5 heteroatoms. The molecule has 0 aliphatic heterocycles. The minimum Gasteiger partial charge on any atom is -0.465 e. The monoisotopic (exact) mass is 283 g/mol. The molecule has 0 atom stereocenters. The van der Waals surface area contributed by atoms with E-state index >= 15 is 0 Å². The van der Waals surface area contributed by atoms with Crippen LogP contribution in [0.15, 0.2) is 30.3 Å². The normalized spacial score (nSPS) is 11.0. The number of hydrogen-bond acceptors (Lipinski definition) is 3. The molecule has 2 heterocycles. The van der Waals surface area contributed by atoms with E-state index in [0.29, 0.717) is 5.56 Å². The quantitative estimate of drug-likeness (QED) is 0.679. The van der Waals surface area contributed by atoms with Gasteiger partial charge in [0.1, 0.15) is 0 Å². The van der Waals surface area contributed by atoms with Crippen LogP contribution in [0.4, 0.5) is 0 Å². The molecule has 0 aliphatic carbocycles. The molecular weight excluding hydrogens is 266 g/mol. The highest BCUT2D eigenvalue weighted by atomic mass is 16.5. The average Bonchev–Trinajstić information content (AvgIpc) is 2.98. The molecule has 108 valence electrons. The number of carbonyl (C=O) groups excluding carboxylic acids is 1. The maximum atomic E-state index is 11.6. The van der Waals surface area contributed by atoms with Gasteiger partial charge in [-0.1, -0.05) is 0 Å². The number of aromatic nitrogens is 3. The number of ether oxygens (including phenoxy) is 1. The van der Waals surface area contributed by atoms with Crippen molar-refractivity contribution in [1.82, 2.24) is 14.1 Å². The second-order valence-corrected chi connectivity index (χ2v) is 5.12. The zero-order chi connectivity index (χ0) is 15.1. The zero-order valence-corrected chi connectivity index (χ0v) is 12.5. The lowest BCUT2D eigenvalue weighted by atomic mass is 10.2. The summed E-state index contributed by atoms with van der Waals surface area (Å²) < 4.78 is 8.87. The Morgan fingerprint density at radius 2 is 1.81 bits per heavy atom. The lowest BCUT2D eigenvalue weighted by Crippen LogP contribution is -2.06. The van der Waals surface area contributed by atoms with Crippen LogP contribution in [0.5, 0.6) is 0 Å². The molecular formula is C16H17N3O2. The smallest absolute Gasteiger partial charge is 0.337 e. The van der Waals surface area contributed by atoms with Gasteiger partial charge in [-0.15, -0.1) is 0 Å². The van der Waals surface area contributed by atoms with Crippen LogP contribution in [-0.2, 0) is 11.8 Å². The average molecular weight is 283 g/mol. The van der Waals surface area contributed by atoms with Crippen molar-refractivity contribution in [3.63, 3.8) is 0 Å². The van der Waals surface area contributed by atoms with Gasteiger partial charge in [-0.05, 0) is 44.2 Å². The maximum absolute atomic E-state index is 11.6. The Balaban J connectivity index is 2.22. The van der Waals surface area contributed by atoms with Gasteiger partial charge in [0.2, 0.25) is 5.95 Å². The van der Waals surface area contributed by atoms with Crippen LogP contribution in [-0.4, -0.2) is 27.2 Å². The van der Waals surface area contributed by atoms with E-state index in [1.807, 2.05) is 31.5 Å². The molecule has 0 unspecified atom stereocenters. The number of fused-ring (bicyclic) bond motifs is 1. The van der Waals surface area contributed by atoms with Crippen LogP contribution in [0.3, 0.4) is 0 Å². The molecule has 0 saturated heterocycles. The fourth-order valence-corrected chi connectivity index (χ4v) is 2.62. The van der Waals surface area contributed by atoms with Crippen molar-refractivity contribution >= 4 is 17.0 Å². The number of rotatable bonds is 2. The van der Waals surface area contributed by atoms with Gasteiger partial charge in [0.25, 0.3) is 0 Å². The van der Waals surface area contributed by atoms with E-state index in [2.05, 4.69) is 21.7 Å². The number of carbonyl (C=O) groups is 1. The van der Waals surface area contributed by atoms with Crippen molar-refractivity contribution in [2.24, 2.45) is 7.05 Å². The van der Waals surface area contributed by atoms with Crippen molar-refractivity contribution in [2.75, 3.05) is 7.11 Å². The summed E-state index contributed by atoms with van der Waals surface area (Å²) in [6, 6.07) is 9.54. The lowest BCUT2D eigenvalue weighted by Gasteiger charge is -2.08. The van der Waals surface area contributed by atoms with E-state index in [1.54, 1.807) is 12.1 Å². The molecule has 0 spiro atoms. The topological polar surface area (TPSA) is 49.0 Å². The molecule has 0 bridgehead atoms. The molecule has 0 saturated carbocycles. The van der Waals surface area contributed by atoms with E-state index in [9.17, 15) is 4.79 Å². The Bertz CT molecular complexity index is 823. The van der Waals surface area contributed by atoms with Crippen LogP contribution in [0.1, 0.15) is 21.7 Å². The summed E-state index contributed by atoms with van der Waals surface area (Å²) in [6.45, 7) is 4.10. The summed E-state index contributed by atoms with van der Waals surface area (Å²) in [5.74, 6) is 0.490. The van der Waals surface area contributed by atoms with Gasteiger partial charge in [-0.25, -0.2) is 9.78 Å². The standard InChI is InChI=1S/C16H17N3O2/c1-10-5-6-11(2)19(10)16-17-13-9-12(15(20)21-4)7-8-14(13)18(16)3/h5-9H,1-4H3. The number of esters is 1. The molecule has 21 heavy (non-hydrogen) atoms. The first-order valence-corrected chi connectivity index (χ1v) is 6.73. The fraction of sp³-hybridized carbons (Fsp3) is 0.250. The molecule has 0 fully saturated rings. The largest absolute Gasteiger partial charge is 0.465 e. The molecule has 2 aromatic heterocycles. The van der Waals surface area contributed by atoms with Gasteiger partial charge in [0, 0.05) is 18.4 Å². The van der Waals surface area contributed by atoms with Crippen molar-refractivity contribution < 1.29 is 9.53 Å². The number of aryl methyl sites for hydroxylation is 3. The highest BCUT2D eigenvalue weighted by Crippen LogP contribution is 2.22. The molecule has 3 rings (SSSR count). The fourth-order valence-electron chi connectivity index (χ4n) is 2.62. The van der Waals surface area contributed by atoms with Gasteiger partial charge in [0.05, 0.1) is 23.7 Å². The maximum Gasteiger partial charge on any atom is 0.337 e. The summed E-state index contributed by atoms with van der Waals surface area (Å²) in [5.41, 5.74) is 4.52. The van der Waals surface area contributed by atoms with E-state index in [-0.39, 0.29) is 5.97 Å². The Labute approximate surface area is 122 Å². The lowest BCUT2D eigenvalue weighted by molar-refractivity contribution is 0.0601. The van der Waals surface area contributed by atoms with Crippen LogP contribution in [0.2, 0.25) is 0 Å². The Morgan fingerprint density at radius 3 is 2.43 bits per heavy atom. The van der Waals surface area contributed by atoms with E-state index < -0.39 is 0 Å². The van der Waals surface area contributed by atoms with Gasteiger partial charge < -0.3 is 9.30 Å². The number of benzene rings is 1. The van der Waals surface area contributed by atoms with Crippen LogP contribution in [0, 0.1) is 13.8 Å². The van der Waals surface area contributed by atoms with Gasteiger partial charge in [-0.2, -0.15) is 0 Å². The second-order valence-electron chi connectivity index (χ2n) is 5.12. The van der Waals surface area contributed by atoms with Gasteiger partial charge >= 0.3 is 5.97 Å². The molecule has 0 N–H and O–H groups in total. The third-order valence-electron chi connectivity index (χ3n) is 3.75. The number of hydrogen-bond donors (Lipinski definition) is 0. The first-order chi connectivity index (χ1) is 10.0. The Hall–Kier alpha value is -2.56. The first kappa shape index (κ1) is 13.4. The third-order valence-corrected chi connectivity index (χ3v) is 3.75. The molecule has 3 aromatic rings. The molecule has 0 aliphatic rings. The summed E-state index contributed by atoms with van der Waals surface area (Å²) in [5, 5.41) is 0. The van der Waals surface area contributed by atoms with Crippen LogP contribution in [0.25, 0.3) is 17.0 Å². The summed E-state index contributed by atoms with van der Waals surface area (Å²) >= 11 is 0. The molecule has 0 radical (unpaired) electrons. The minimum absolute atomic E-state index is 0.350. The molecule has 5 nitrogen and oxygen atoms in total.